The molecule has 7 rings (SSSR count). The molecule has 11 heteroatoms. The zero-order chi connectivity index (χ0) is 26.7. The molecule has 202 valence electrons. The number of nitrogens with zero attached hydrogens (tertiary/aromatic N) is 1. The van der Waals surface area contributed by atoms with Crippen LogP contribution in [0.5, 0.6) is 0 Å². The van der Waals surface area contributed by atoms with Gasteiger partial charge in [-0.25, -0.2) is 0 Å². The number of imide groups is 2. The summed E-state index contributed by atoms with van der Waals surface area (Å²) in [7, 11) is 0. The van der Waals surface area contributed by atoms with Gasteiger partial charge in [0.15, 0.2) is 0 Å². The molecule has 1 aliphatic carbocycles. The first-order valence-corrected chi connectivity index (χ1v) is 13.4. The Balaban J connectivity index is 1.12. The lowest BCUT2D eigenvalue weighted by Crippen LogP contribution is -2.59. The van der Waals surface area contributed by atoms with Gasteiger partial charge in [-0.15, -0.1) is 0 Å². The standard InChI is InChI=1S/C27H32N4O7/c1-2-37-24(36)26-13-25(14-26,38-27(26)7-9-28-10-8-27)15-29-12-16-3-4-17-18(11-16)23(35)31(22(17)34)19-5-6-20(32)30-21(19)33/h3-4,11,19,28-29H,2,5-10,12-15H2,1H3,(H,30,32,33). The Morgan fingerprint density at radius 3 is 2.58 bits per heavy atom. The van der Waals surface area contributed by atoms with Crippen molar-refractivity contribution in [2.75, 3.05) is 26.2 Å². The van der Waals surface area contributed by atoms with E-state index in [9.17, 15) is 24.0 Å². The van der Waals surface area contributed by atoms with Crippen molar-refractivity contribution in [1.82, 2.24) is 20.9 Å². The number of hydrogen-bond donors (Lipinski definition) is 3. The average molecular weight is 525 g/mol. The molecule has 3 N–H and O–H groups in total. The Bertz CT molecular complexity index is 1230. The predicted molar refractivity (Wildman–Crippen MR) is 132 cm³/mol. The smallest absolute Gasteiger partial charge is 0.315 e. The first-order valence-electron chi connectivity index (χ1n) is 13.4. The van der Waals surface area contributed by atoms with Gasteiger partial charge in [-0.2, -0.15) is 0 Å². The van der Waals surface area contributed by atoms with E-state index in [4.69, 9.17) is 9.47 Å². The summed E-state index contributed by atoms with van der Waals surface area (Å²) in [6.45, 7) is 4.78. The van der Waals surface area contributed by atoms with Gasteiger partial charge >= 0.3 is 5.97 Å². The van der Waals surface area contributed by atoms with E-state index in [0.29, 0.717) is 32.5 Å². The second kappa shape index (κ2) is 8.96. The molecule has 2 bridgehead atoms. The number of carbonyl (C=O) groups excluding carboxylic acids is 5. The number of esters is 1. The second-order valence-electron chi connectivity index (χ2n) is 11.1. The molecule has 1 aromatic carbocycles. The fraction of sp³-hybridized carbons (Fsp3) is 0.593. The zero-order valence-electron chi connectivity index (χ0n) is 21.4. The summed E-state index contributed by atoms with van der Waals surface area (Å²) in [6, 6.07) is 4.10. The molecular formula is C27H32N4O7. The Morgan fingerprint density at radius 2 is 1.87 bits per heavy atom. The van der Waals surface area contributed by atoms with E-state index in [-0.39, 0.29) is 29.9 Å². The maximum absolute atomic E-state index is 13.1. The molecule has 1 unspecified atom stereocenters. The summed E-state index contributed by atoms with van der Waals surface area (Å²) in [5.74, 6) is -2.23. The van der Waals surface area contributed by atoms with E-state index < -0.39 is 46.3 Å². The lowest BCUT2D eigenvalue weighted by molar-refractivity contribution is -0.166. The van der Waals surface area contributed by atoms with Crippen molar-refractivity contribution in [1.29, 1.82) is 0 Å². The number of fused-ring (bicyclic) bond motifs is 1. The number of benzene rings is 1. The van der Waals surface area contributed by atoms with Crippen molar-refractivity contribution in [3.63, 3.8) is 0 Å². The van der Waals surface area contributed by atoms with E-state index in [0.717, 1.165) is 36.4 Å². The Hall–Kier alpha value is -3.15. The number of nitrogens with one attached hydrogen (secondary N) is 3. The number of amides is 4. The molecule has 5 fully saturated rings. The van der Waals surface area contributed by atoms with Gasteiger partial charge in [0.05, 0.1) is 28.9 Å². The highest BCUT2D eigenvalue weighted by molar-refractivity contribution is 6.23. The third-order valence-electron chi connectivity index (χ3n) is 8.89. The van der Waals surface area contributed by atoms with Crippen LogP contribution in [-0.4, -0.2) is 78.0 Å². The van der Waals surface area contributed by atoms with Gasteiger partial charge in [0, 0.05) is 19.5 Å². The first-order chi connectivity index (χ1) is 18.2. The molecule has 1 atom stereocenters. The Kier molecular flexibility index (Phi) is 5.93. The summed E-state index contributed by atoms with van der Waals surface area (Å²) in [5.41, 5.74) is -0.189. The monoisotopic (exact) mass is 524 g/mol. The summed E-state index contributed by atoms with van der Waals surface area (Å²) < 4.78 is 12.2. The second-order valence-corrected chi connectivity index (χ2v) is 11.1. The van der Waals surface area contributed by atoms with Crippen molar-refractivity contribution in [3.05, 3.63) is 34.9 Å². The molecule has 5 heterocycles. The molecule has 1 spiro atoms. The summed E-state index contributed by atoms with van der Waals surface area (Å²) in [5, 5.41) is 8.99. The zero-order valence-corrected chi connectivity index (χ0v) is 21.4. The predicted octanol–water partition coefficient (Wildman–Crippen LogP) is 0.412. The van der Waals surface area contributed by atoms with E-state index in [1.54, 1.807) is 18.2 Å². The molecule has 0 radical (unpaired) electrons. The van der Waals surface area contributed by atoms with Gasteiger partial charge in [-0.1, -0.05) is 6.07 Å². The quantitative estimate of drug-likeness (QED) is 0.341. The first kappa shape index (κ1) is 25.1. The average Bonchev–Trinajstić information content (AvgIpc) is 3.39. The Morgan fingerprint density at radius 1 is 1.13 bits per heavy atom. The number of rotatable bonds is 7. The van der Waals surface area contributed by atoms with E-state index in [1.165, 1.54) is 0 Å². The van der Waals surface area contributed by atoms with Crippen LogP contribution in [0.15, 0.2) is 18.2 Å². The normalized spacial score (nSPS) is 31.3. The molecule has 0 aromatic heterocycles. The third kappa shape index (κ3) is 3.63. The van der Waals surface area contributed by atoms with Crippen molar-refractivity contribution in [3.8, 4) is 0 Å². The Labute approximate surface area is 220 Å². The lowest BCUT2D eigenvalue weighted by Gasteiger charge is -2.47. The molecule has 11 nitrogen and oxygen atoms in total. The molecule has 4 saturated heterocycles. The maximum Gasteiger partial charge on any atom is 0.315 e. The van der Waals surface area contributed by atoms with Crippen molar-refractivity contribution < 1.29 is 33.4 Å². The van der Waals surface area contributed by atoms with Crippen LogP contribution in [0.4, 0.5) is 0 Å². The molecule has 5 aliphatic heterocycles. The minimum atomic E-state index is -0.985. The van der Waals surface area contributed by atoms with Crippen LogP contribution in [0.1, 0.15) is 71.7 Å². The topological polar surface area (TPSA) is 143 Å². The summed E-state index contributed by atoms with van der Waals surface area (Å²) in [4.78, 5) is 63.8. The minimum absolute atomic E-state index is 0.0814. The number of hydrogen-bond acceptors (Lipinski definition) is 9. The highest BCUT2D eigenvalue weighted by Gasteiger charge is 2.78. The van der Waals surface area contributed by atoms with Crippen LogP contribution in [0.25, 0.3) is 0 Å². The fourth-order valence-electron chi connectivity index (χ4n) is 7.19. The lowest BCUT2D eigenvalue weighted by atomic mass is 9.54. The van der Waals surface area contributed by atoms with Gasteiger partial charge in [0.25, 0.3) is 11.8 Å². The van der Waals surface area contributed by atoms with Crippen LogP contribution in [-0.2, 0) is 30.4 Å². The minimum Gasteiger partial charge on any atom is -0.465 e. The van der Waals surface area contributed by atoms with Crippen molar-refractivity contribution in [2.24, 2.45) is 5.41 Å². The fourth-order valence-corrected chi connectivity index (χ4v) is 7.19. The van der Waals surface area contributed by atoms with Gasteiger partial charge in [0.1, 0.15) is 11.5 Å². The highest BCUT2D eigenvalue weighted by Crippen LogP contribution is 2.69. The largest absolute Gasteiger partial charge is 0.465 e. The van der Waals surface area contributed by atoms with Crippen molar-refractivity contribution >= 4 is 29.6 Å². The number of ether oxygens (including phenoxy) is 2. The highest BCUT2D eigenvalue weighted by atomic mass is 16.6. The number of piperidine rings is 2. The van der Waals surface area contributed by atoms with Crippen LogP contribution in [0.3, 0.4) is 0 Å². The SMILES string of the molecule is CCOC(=O)C12CC(CNCc3ccc4c(c3)C(=O)N(C3CCC(=O)NC3=O)C4=O)(C1)OC21CCNCC1. The van der Waals surface area contributed by atoms with Crippen LogP contribution in [0, 0.1) is 5.41 Å². The van der Waals surface area contributed by atoms with Crippen LogP contribution < -0.4 is 16.0 Å². The molecule has 6 aliphatic rings. The van der Waals surface area contributed by atoms with Crippen LogP contribution in [0.2, 0.25) is 0 Å². The molecule has 1 aromatic rings. The van der Waals surface area contributed by atoms with Gasteiger partial charge in [-0.05, 0) is 69.8 Å². The van der Waals surface area contributed by atoms with Gasteiger partial charge in [-0.3, -0.25) is 34.2 Å². The summed E-state index contributed by atoms with van der Waals surface area (Å²) in [6.07, 6.45) is 3.01. The molecule has 4 amide bonds. The molecule has 1 saturated carbocycles. The van der Waals surface area contributed by atoms with E-state index in [1.807, 2.05) is 6.92 Å². The molecule has 38 heavy (non-hydrogen) atoms. The third-order valence-corrected chi connectivity index (χ3v) is 8.89. The van der Waals surface area contributed by atoms with Gasteiger partial charge in [0.2, 0.25) is 11.8 Å². The molecular weight excluding hydrogens is 492 g/mol. The van der Waals surface area contributed by atoms with E-state index >= 15 is 0 Å². The van der Waals surface area contributed by atoms with Gasteiger partial charge < -0.3 is 20.1 Å². The maximum atomic E-state index is 13.1. The van der Waals surface area contributed by atoms with E-state index in [2.05, 4.69) is 16.0 Å². The number of carbonyl (C=O) groups is 5. The van der Waals surface area contributed by atoms with Crippen molar-refractivity contribution in [2.45, 2.75) is 69.2 Å². The summed E-state index contributed by atoms with van der Waals surface area (Å²) >= 11 is 0. The van der Waals surface area contributed by atoms with Crippen LogP contribution >= 0.6 is 0 Å².